The second kappa shape index (κ2) is 13.2. The Kier molecular flexibility index (Phi) is 9.72. The van der Waals surface area contributed by atoms with Gasteiger partial charge in [0.2, 0.25) is 0 Å². The van der Waals surface area contributed by atoms with Crippen LogP contribution >= 0.6 is 8.53 Å². The van der Waals surface area contributed by atoms with E-state index >= 15 is 4.39 Å². The zero-order chi connectivity index (χ0) is 27.8. The summed E-state index contributed by atoms with van der Waals surface area (Å²) >= 11 is 0. The molecule has 0 saturated carbocycles. The molecule has 0 aliphatic carbocycles. The first-order valence-electron chi connectivity index (χ1n) is 12.7. The Morgan fingerprint density at radius 3 is 2.62 bits per heavy atom. The number of alkyl halides is 1. The van der Waals surface area contributed by atoms with Crippen LogP contribution in [0.15, 0.2) is 47.4 Å². The van der Waals surface area contributed by atoms with E-state index in [0.717, 1.165) is 4.57 Å². The van der Waals surface area contributed by atoms with E-state index in [1.807, 2.05) is 38.4 Å². The van der Waals surface area contributed by atoms with Crippen molar-refractivity contribution in [3.05, 3.63) is 58.6 Å². The molecule has 1 aromatic carbocycles. The van der Waals surface area contributed by atoms with E-state index in [-0.39, 0.29) is 37.8 Å². The number of nitrogens with zero attached hydrogens (tertiary/aromatic N) is 4. The summed E-state index contributed by atoms with van der Waals surface area (Å²) in [4.78, 5) is 29.0. The minimum Gasteiger partial charge on any atom is -0.349 e. The van der Waals surface area contributed by atoms with Crippen molar-refractivity contribution in [3.8, 4) is 6.07 Å². The van der Waals surface area contributed by atoms with E-state index in [1.165, 1.54) is 12.3 Å². The van der Waals surface area contributed by atoms with Crippen molar-refractivity contribution >= 4 is 20.3 Å². The average Bonchev–Trinajstić information content (AvgIpc) is 3.19. The maximum Gasteiger partial charge on any atom is 0.351 e. The summed E-state index contributed by atoms with van der Waals surface area (Å²) < 4.78 is 44.4. The molecule has 0 spiro atoms. The second-order valence-corrected chi connectivity index (χ2v) is 10.4. The van der Waals surface area contributed by atoms with Gasteiger partial charge < -0.3 is 19.1 Å². The van der Waals surface area contributed by atoms with Gasteiger partial charge in [-0.3, -0.25) is 9.36 Å². The Morgan fingerprint density at radius 2 is 2.03 bits per heavy atom. The smallest absolute Gasteiger partial charge is 0.349 e. The highest BCUT2D eigenvalue weighted by molar-refractivity contribution is 7.44. The maximum absolute atomic E-state index is 15.8. The van der Waals surface area contributed by atoms with E-state index in [4.69, 9.17) is 20.4 Å². The quantitative estimate of drug-likeness (QED) is 0.333. The summed E-state index contributed by atoms with van der Waals surface area (Å²) in [5, 5.41) is 11.5. The van der Waals surface area contributed by atoms with Gasteiger partial charge in [-0.05, 0) is 52.8 Å². The number of aromatic nitrogens is 2. The summed E-state index contributed by atoms with van der Waals surface area (Å²) in [6.45, 7) is 7.63. The molecule has 5 atom stereocenters. The lowest BCUT2D eigenvalue weighted by Gasteiger charge is -2.37. The Bertz CT molecular complexity index is 1160. The molecular formula is C25H33FN5O5P. The first-order chi connectivity index (χ1) is 18.2. The highest BCUT2D eigenvalue weighted by atomic mass is 31.2. The van der Waals surface area contributed by atoms with E-state index in [9.17, 15) is 9.59 Å². The highest BCUT2D eigenvalue weighted by Crippen LogP contribution is 2.50. The molecule has 1 aromatic heterocycles. The van der Waals surface area contributed by atoms with Crippen molar-refractivity contribution in [1.82, 2.24) is 14.2 Å². The Hall–Kier alpha value is -2.74. The van der Waals surface area contributed by atoms with Crippen LogP contribution in [-0.4, -0.2) is 57.2 Å². The fraction of sp³-hybridized carbons (Fsp3) is 0.520. The molecule has 2 heterocycles. The summed E-state index contributed by atoms with van der Waals surface area (Å²) in [7, 11) is -1.79. The van der Waals surface area contributed by atoms with E-state index in [2.05, 4.69) is 10.3 Å². The minimum absolute atomic E-state index is 0.000659. The Labute approximate surface area is 218 Å². The monoisotopic (exact) mass is 534 g/mol. The summed E-state index contributed by atoms with van der Waals surface area (Å²) in [6.07, 6.45) is -3.90. The van der Waals surface area contributed by atoms with Crippen molar-refractivity contribution in [2.24, 2.45) is 0 Å². The van der Waals surface area contributed by atoms with Crippen molar-refractivity contribution in [1.29, 1.82) is 5.26 Å². The van der Waals surface area contributed by atoms with Crippen LogP contribution in [0, 0.1) is 11.3 Å². The predicted molar refractivity (Wildman–Crippen MR) is 137 cm³/mol. The molecule has 0 radical (unpaired) electrons. The number of anilines is 1. The van der Waals surface area contributed by atoms with Crippen molar-refractivity contribution in [3.63, 3.8) is 0 Å². The highest BCUT2D eigenvalue weighted by Gasteiger charge is 2.48. The second-order valence-electron chi connectivity index (χ2n) is 8.95. The van der Waals surface area contributed by atoms with Gasteiger partial charge in [-0.2, -0.15) is 10.2 Å². The van der Waals surface area contributed by atoms with Gasteiger partial charge in [-0.15, -0.1) is 0 Å². The molecule has 12 heteroatoms. The van der Waals surface area contributed by atoms with Crippen molar-refractivity contribution < 1.29 is 24.3 Å². The summed E-state index contributed by atoms with van der Waals surface area (Å²) in [5.41, 5.74) is -0.434. The third-order valence-electron chi connectivity index (χ3n) is 5.52. The maximum atomic E-state index is 15.8. The van der Waals surface area contributed by atoms with Gasteiger partial charge >= 0.3 is 5.69 Å². The van der Waals surface area contributed by atoms with Gasteiger partial charge in [0.05, 0.1) is 25.2 Å². The molecule has 200 valence electrons. The molecule has 1 aliphatic rings. The zero-order valence-electron chi connectivity index (χ0n) is 22.3. The molecule has 1 aliphatic heterocycles. The number of nitrogens with one attached hydrogen (secondary N) is 1. The fourth-order valence-corrected chi connectivity index (χ4v) is 5.66. The van der Waals surface area contributed by atoms with E-state index in [1.54, 1.807) is 30.3 Å². The minimum atomic E-state index is -1.81. The van der Waals surface area contributed by atoms with Crippen LogP contribution in [0.25, 0.3) is 0 Å². The van der Waals surface area contributed by atoms with Crippen LogP contribution in [-0.2, 0) is 13.8 Å². The number of rotatable bonds is 11. The van der Waals surface area contributed by atoms with Crippen LogP contribution in [0.5, 0.6) is 0 Å². The number of benzene rings is 1. The van der Waals surface area contributed by atoms with Gasteiger partial charge in [0.15, 0.2) is 12.4 Å². The molecular weight excluding hydrogens is 500 g/mol. The third-order valence-corrected chi connectivity index (χ3v) is 7.65. The van der Waals surface area contributed by atoms with Crippen LogP contribution in [0.4, 0.5) is 10.2 Å². The molecule has 2 aromatic rings. The predicted octanol–water partition coefficient (Wildman–Crippen LogP) is 4.41. The normalized spacial score (nSPS) is 22.7. The topological polar surface area (TPSA) is 119 Å². The number of amides is 1. The number of hydrogen-bond donors (Lipinski definition) is 1. The number of hydrogen-bond acceptors (Lipinski definition) is 8. The van der Waals surface area contributed by atoms with Gasteiger partial charge in [0.25, 0.3) is 14.4 Å². The van der Waals surface area contributed by atoms with Crippen LogP contribution in [0.2, 0.25) is 0 Å². The van der Waals surface area contributed by atoms with Gasteiger partial charge in [-0.25, -0.2) is 13.9 Å². The molecule has 10 nitrogen and oxygen atoms in total. The number of halogens is 1. The van der Waals surface area contributed by atoms with E-state index in [0.29, 0.717) is 5.56 Å². The van der Waals surface area contributed by atoms with Gasteiger partial charge in [0.1, 0.15) is 11.9 Å². The number of nitriles is 1. The van der Waals surface area contributed by atoms with Crippen LogP contribution < -0.4 is 11.0 Å². The zero-order valence-corrected chi connectivity index (χ0v) is 22.2. The van der Waals surface area contributed by atoms with Crippen molar-refractivity contribution in [2.75, 3.05) is 11.9 Å². The average molecular weight is 535 g/mol. The number of ether oxygens (including phenoxy) is 1. The van der Waals surface area contributed by atoms with Crippen LogP contribution in [0.1, 0.15) is 59.0 Å². The molecule has 0 bridgehead atoms. The largest absolute Gasteiger partial charge is 0.351 e. The standard InChI is InChI=1S/C25H33FN5O5P/c1-16(2)31(17(3)4)37(34-15-9-13-27)36-22-18(5)35-24(21(22)26)30-14-12-20(29-25(30)33)28-23(32)19-10-7-6-8-11-19/h6-8,10-12,14,16-18,21-22,24H,9,15H2,1-5H3,(H,28,29,32,33)/t18-,21-,22-,24-,37?/m1/s1/i5D. The lowest BCUT2D eigenvalue weighted by atomic mass is 10.2. The lowest BCUT2D eigenvalue weighted by Crippen LogP contribution is -2.38. The molecule has 1 saturated heterocycles. The first-order valence-corrected chi connectivity index (χ1v) is 13.1. The summed E-state index contributed by atoms with van der Waals surface area (Å²) in [6, 6.07) is 11.8. The Balaban J connectivity index is 1.79. The Morgan fingerprint density at radius 1 is 1.32 bits per heavy atom. The van der Waals surface area contributed by atoms with Gasteiger partial charge in [0, 0.05) is 25.2 Å². The molecule has 1 amide bonds. The number of carbonyl (C=O) groups excluding carboxylic acids is 1. The molecule has 3 rings (SSSR count). The first kappa shape index (κ1) is 27.3. The summed E-state index contributed by atoms with van der Waals surface area (Å²) in [5.74, 6) is -0.430. The van der Waals surface area contributed by atoms with Gasteiger partial charge in [-0.1, -0.05) is 18.2 Å². The molecule has 37 heavy (non-hydrogen) atoms. The number of carbonyl (C=O) groups is 1. The molecule has 1 fully saturated rings. The fourth-order valence-electron chi connectivity index (χ4n) is 3.90. The molecule has 1 N–H and O–H groups in total. The molecule has 1 unspecified atom stereocenters. The third kappa shape index (κ3) is 7.18. The van der Waals surface area contributed by atoms with Crippen LogP contribution in [0.3, 0.4) is 0 Å². The van der Waals surface area contributed by atoms with E-state index < -0.39 is 44.7 Å². The van der Waals surface area contributed by atoms with Crippen molar-refractivity contribution in [2.45, 2.75) is 77.7 Å². The lowest BCUT2D eigenvalue weighted by molar-refractivity contribution is -0.0179. The SMILES string of the molecule is [2H]C[C@H]1O[C@@H](n2ccc(NC(=O)c3ccccc3)nc2=O)[C@H](F)[C@@H]1OP(OCCC#N)N(C(C)C)C(C)C.